The highest BCUT2D eigenvalue weighted by atomic mass is 35.5. The van der Waals surface area contributed by atoms with E-state index in [4.69, 9.17) is 21.8 Å². The van der Waals surface area contributed by atoms with E-state index < -0.39 is 0 Å². The van der Waals surface area contributed by atoms with E-state index >= 15 is 0 Å². The van der Waals surface area contributed by atoms with Crippen LogP contribution >= 0.6 is 11.6 Å². The summed E-state index contributed by atoms with van der Waals surface area (Å²) in [7, 11) is 0. The van der Waals surface area contributed by atoms with Crippen LogP contribution in [0.5, 0.6) is 0 Å². The fourth-order valence-corrected chi connectivity index (χ4v) is 1.85. The molecule has 0 saturated carbocycles. The maximum atomic E-state index is 12.9. The summed E-state index contributed by atoms with van der Waals surface area (Å²) in [4.78, 5) is 0. The minimum atomic E-state index is -0.365. The van der Waals surface area contributed by atoms with Crippen molar-refractivity contribution in [1.82, 2.24) is 0 Å². The van der Waals surface area contributed by atoms with Gasteiger partial charge in [-0.3, -0.25) is 0 Å². The molecule has 0 bridgehead atoms. The van der Waals surface area contributed by atoms with Gasteiger partial charge in [0, 0.05) is 5.56 Å². The van der Waals surface area contributed by atoms with Gasteiger partial charge < -0.3 is 10.2 Å². The van der Waals surface area contributed by atoms with Crippen LogP contribution in [0.2, 0.25) is 5.02 Å². The molecule has 0 fully saturated rings. The summed E-state index contributed by atoms with van der Waals surface area (Å²) in [5, 5.41) is 0.330. The first-order valence-electron chi connectivity index (χ1n) is 5.42. The SMILES string of the molecule is CCC(N)c1ccc(-c2ccc(F)cc2Cl)o1. The molecule has 1 unspecified atom stereocenters. The Hall–Kier alpha value is -1.32. The zero-order valence-corrected chi connectivity index (χ0v) is 10.2. The normalized spacial score (nSPS) is 12.7. The van der Waals surface area contributed by atoms with Crippen molar-refractivity contribution in [3.8, 4) is 11.3 Å². The summed E-state index contributed by atoms with van der Waals surface area (Å²) < 4.78 is 18.5. The highest BCUT2D eigenvalue weighted by Crippen LogP contribution is 2.31. The van der Waals surface area contributed by atoms with Crippen molar-refractivity contribution in [1.29, 1.82) is 0 Å². The van der Waals surface area contributed by atoms with Crippen LogP contribution in [0.25, 0.3) is 11.3 Å². The lowest BCUT2D eigenvalue weighted by Gasteiger charge is -2.04. The lowest BCUT2D eigenvalue weighted by Crippen LogP contribution is -2.06. The molecule has 90 valence electrons. The molecule has 2 aromatic rings. The van der Waals surface area contributed by atoms with Gasteiger partial charge in [-0.05, 0) is 36.8 Å². The molecule has 2 rings (SSSR count). The predicted octanol–water partition coefficient (Wildman–Crippen LogP) is 4.15. The molecule has 0 aliphatic heterocycles. The number of hydrogen-bond acceptors (Lipinski definition) is 2. The van der Waals surface area contributed by atoms with E-state index in [2.05, 4.69) is 0 Å². The van der Waals surface area contributed by atoms with E-state index in [1.165, 1.54) is 12.1 Å². The zero-order valence-electron chi connectivity index (χ0n) is 9.41. The fourth-order valence-electron chi connectivity index (χ4n) is 1.59. The van der Waals surface area contributed by atoms with E-state index in [0.717, 1.165) is 6.42 Å². The van der Waals surface area contributed by atoms with Gasteiger partial charge >= 0.3 is 0 Å². The van der Waals surface area contributed by atoms with E-state index in [1.54, 1.807) is 12.1 Å². The van der Waals surface area contributed by atoms with Crippen LogP contribution in [0.3, 0.4) is 0 Å². The summed E-state index contributed by atoms with van der Waals surface area (Å²) in [6, 6.07) is 7.70. The van der Waals surface area contributed by atoms with E-state index in [1.807, 2.05) is 13.0 Å². The Morgan fingerprint density at radius 2 is 2.12 bits per heavy atom. The number of halogens is 2. The minimum Gasteiger partial charge on any atom is -0.459 e. The van der Waals surface area contributed by atoms with Crippen LogP contribution in [0.1, 0.15) is 25.1 Å². The second-order valence-electron chi connectivity index (χ2n) is 3.84. The zero-order chi connectivity index (χ0) is 12.4. The summed E-state index contributed by atoms with van der Waals surface area (Å²) >= 11 is 5.96. The monoisotopic (exact) mass is 253 g/mol. The molecular weight excluding hydrogens is 241 g/mol. The van der Waals surface area contributed by atoms with Crippen molar-refractivity contribution >= 4 is 11.6 Å². The van der Waals surface area contributed by atoms with Crippen molar-refractivity contribution in [3.05, 3.63) is 46.9 Å². The number of rotatable bonds is 3. The average Bonchev–Trinajstić information content (AvgIpc) is 2.77. The van der Waals surface area contributed by atoms with Gasteiger partial charge in [-0.1, -0.05) is 18.5 Å². The first-order valence-corrected chi connectivity index (χ1v) is 5.80. The number of hydrogen-bond donors (Lipinski definition) is 1. The number of furan rings is 1. The standard InChI is InChI=1S/C13H13ClFNO/c1-2-11(16)13-6-5-12(17-13)9-4-3-8(15)7-10(9)14/h3-7,11H,2,16H2,1H3. The van der Waals surface area contributed by atoms with Crippen molar-refractivity contribution < 1.29 is 8.81 Å². The van der Waals surface area contributed by atoms with Gasteiger partial charge in [0.15, 0.2) is 0 Å². The van der Waals surface area contributed by atoms with E-state index in [0.29, 0.717) is 22.1 Å². The lowest BCUT2D eigenvalue weighted by molar-refractivity contribution is 0.470. The average molecular weight is 254 g/mol. The first kappa shape index (κ1) is 12.1. The van der Waals surface area contributed by atoms with Crippen molar-refractivity contribution in [2.75, 3.05) is 0 Å². The van der Waals surface area contributed by atoms with Gasteiger partial charge in [-0.15, -0.1) is 0 Å². The second-order valence-corrected chi connectivity index (χ2v) is 4.25. The Morgan fingerprint density at radius 1 is 1.35 bits per heavy atom. The molecule has 1 heterocycles. The largest absolute Gasteiger partial charge is 0.459 e. The molecule has 0 saturated heterocycles. The third-order valence-electron chi connectivity index (χ3n) is 2.63. The molecule has 1 aromatic heterocycles. The molecule has 17 heavy (non-hydrogen) atoms. The van der Waals surface area contributed by atoms with E-state index in [9.17, 15) is 4.39 Å². The highest BCUT2D eigenvalue weighted by Gasteiger charge is 2.12. The molecule has 0 spiro atoms. The van der Waals surface area contributed by atoms with Crippen LogP contribution < -0.4 is 5.73 Å². The third kappa shape index (κ3) is 2.51. The molecule has 2 N–H and O–H groups in total. The van der Waals surface area contributed by atoms with Crippen molar-refractivity contribution in [2.45, 2.75) is 19.4 Å². The van der Waals surface area contributed by atoms with Gasteiger partial charge in [0.25, 0.3) is 0 Å². The Morgan fingerprint density at radius 3 is 2.76 bits per heavy atom. The maximum Gasteiger partial charge on any atom is 0.135 e. The summed E-state index contributed by atoms with van der Waals surface area (Å²) in [5.41, 5.74) is 6.53. The van der Waals surface area contributed by atoms with Gasteiger partial charge in [0.2, 0.25) is 0 Å². The quantitative estimate of drug-likeness (QED) is 0.893. The van der Waals surface area contributed by atoms with Crippen molar-refractivity contribution in [2.24, 2.45) is 5.73 Å². The Bertz CT molecular complexity index is 524. The third-order valence-corrected chi connectivity index (χ3v) is 2.94. The molecule has 0 aliphatic carbocycles. The van der Waals surface area contributed by atoms with Gasteiger partial charge in [-0.2, -0.15) is 0 Å². The number of benzene rings is 1. The Kier molecular flexibility index (Phi) is 3.50. The molecule has 0 aliphatic rings. The van der Waals surface area contributed by atoms with Crippen LogP contribution in [-0.2, 0) is 0 Å². The van der Waals surface area contributed by atoms with Gasteiger partial charge in [0.1, 0.15) is 17.3 Å². The Labute approximate surface area is 104 Å². The molecule has 0 amide bonds. The number of nitrogens with two attached hydrogens (primary N) is 1. The molecule has 0 radical (unpaired) electrons. The summed E-state index contributed by atoms with van der Waals surface area (Å²) in [5.74, 6) is 0.951. The summed E-state index contributed by atoms with van der Waals surface area (Å²) in [6.07, 6.45) is 0.796. The summed E-state index contributed by atoms with van der Waals surface area (Å²) in [6.45, 7) is 1.98. The van der Waals surface area contributed by atoms with Crippen LogP contribution in [-0.4, -0.2) is 0 Å². The molecule has 4 heteroatoms. The van der Waals surface area contributed by atoms with Gasteiger partial charge in [-0.25, -0.2) is 4.39 Å². The maximum absolute atomic E-state index is 12.9. The fraction of sp³-hybridized carbons (Fsp3) is 0.231. The molecule has 2 nitrogen and oxygen atoms in total. The second kappa shape index (κ2) is 4.90. The van der Waals surface area contributed by atoms with Crippen LogP contribution in [0.4, 0.5) is 4.39 Å². The van der Waals surface area contributed by atoms with E-state index in [-0.39, 0.29) is 11.9 Å². The Balaban J connectivity index is 2.37. The van der Waals surface area contributed by atoms with Crippen molar-refractivity contribution in [3.63, 3.8) is 0 Å². The first-order chi connectivity index (χ1) is 8.11. The van der Waals surface area contributed by atoms with Crippen LogP contribution in [0, 0.1) is 5.82 Å². The van der Waals surface area contributed by atoms with Crippen LogP contribution in [0.15, 0.2) is 34.7 Å². The highest BCUT2D eigenvalue weighted by molar-refractivity contribution is 6.33. The molecular formula is C13H13ClFNO. The minimum absolute atomic E-state index is 0.122. The molecule has 1 atom stereocenters. The van der Waals surface area contributed by atoms with Gasteiger partial charge in [0.05, 0.1) is 11.1 Å². The lowest BCUT2D eigenvalue weighted by atomic mass is 10.1. The molecule has 1 aromatic carbocycles. The topological polar surface area (TPSA) is 39.2 Å². The smallest absolute Gasteiger partial charge is 0.135 e. The predicted molar refractivity (Wildman–Crippen MR) is 66.3 cm³/mol.